The van der Waals surface area contributed by atoms with Crippen molar-refractivity contribution in [2.24, 2.45) is 33.5 Å². The third-order valence-corrected chi connectivity index (χ3v) is 19.2. The molecule has 113 heavy (non-hydrogen) atoms. The first-order chi connectivity index (χ1) is 53.7. The number of hydrogen-bond donors (Lipinski definition) is 0. The van der Waals surface area contributed by atoms with Crippen LogP contribution in [0.4, 0.5) is 0 Å². The van der Waals surface area contributed by atoms with Gasteiger partial charge in [-0.2, -0.15) is 21.0 Å². The molecular formula is C92H80BN4O16. The fourth-order valence-corrected chi connectivity index (χ4v) is 13.7. The number of ether oxygens (including phenoxy) is 8. The first-order valence-corrected chi connectivity index (χ1v) is 36.2. The minimum atomic E-state index is -1.08. The molecule has 12 rings (SSSR count). The highest BCUT2D eigenvalue weighted by Crippen LogP contribution is 2.51. The SMILES string of the molecule is CC(C)(COC(=O)/C=C/C(=O)OCC(C)(C)COC(=O)C(C#N)=C1c2ccccc2-c2ccccc21)COC(=O)C(C#N)=C1c2ccccc2-c2ccccc21.CC(C)(COC(=O)/C=C/C(=O)OCC(C)(C)COC(=O)C(C#N)C1c2ccccc2-c2ccccc21)COC(=O)C(C#N)C1c2ccccc2-c2ccccc21.[B]. The molecular weight excluding hydrogens is 1430 g/mol. The van der Waals surface area contributed by atoms with Crippen molar-refractivity contribution < 1.29 is 76.3 Å². The number of carbonyl (C=O) groups is 8. The highest BCUT2D eigenvalue weighted by Gasteiger charge is 2.42. The van der Waals surface area contributed by atoms with Crippen LogP contribution in [-0.2, 0) is 76.3 Å². The first kappa shape index (κ1) is 82.0. The van der Waals surface area contributed by atoms with Gasteiger partial charge in [0, 0.05) is 77.4 Å². The van der Waals surface area contributed by atoms with Crippen LogP contribution in [0.1, 0.15) is 112 Å². The molecule has 0 bridgehead atoms. The lowest BCUT2D eigenvalue weighted by molar-refractivity contribution is -0.154. The first-order valence-electron chi connectivity index (χ1n) is 36.2. The Balaban J connectivity index is 0.000000237. The van der Waals surface area contributed by atoms with Gasteiger partial charge >= 0.3 is 47.8 Å². The molecule has 4 aliphatic carbocycles. The average Bonchev–Trinajstić information content (AvgIpc) is 1.62. The molecule has 8 aromatic rings. The molecule has 0 N–H and O–H groups in total. The molecule has 0 aromatic heterocycles. The Labute approximate surface area is 657 Å². The zero-order valence-electron chi connectivity index (χ0n) is 63.6. The fraction of sp³-hybridized carbons (Fsp3) is 0.261. The third-order valence-electron chi connectivity index (χ3n) is 19.2. The van der Waals surface area contributed by atoms with Crippen LogP contribution in [0.15, 0.2) is 230 Å². The van der Waals surface area contributed by atoms with Gasteiger partial charge in [0.25, 0.3) is 0 Å². The van der Waals surface area contributed by atoms with Crippen molar-refractivity contribution in [3.63, 3.8) is 0 Å². The standard InChI is InChI=1S/C46H42N2O8.C46H38N2O8.B/c2*1-45(2,27-55-43(51)37(23-47)41-33-17-9-5-13-29(33)30-14-6-10-18-34(30)41)25-53-39(49)21-22-40(50)54-26-46(3,4)28-56-44(52)38(24-48)42-35-19-11-7-15-31(35)32-16-8-12-20-36(32)42;/h5-22,37-38,41-42H,25-28H2,1-4H3;5-22H,25-28H2,1-4H3;/b2*22-21+;. The van der Waals surface area contributed by atoms with Crippen molar-refractivity contribution in [2.75, 3.05) is 52.9 Å². The monoisotopic (exact) mass is 1510 g/mol. The molecule has 3 radical (unpaired) electrons. The number of rotatable bonds is 26. The predicted molar refractivity (Wildman–Crippen MR) is 420 cm³/mol. The van der Waals surface area contributed by atoms with Crippen molar-refractivity contribution in [1.29, 1.82) is 21.0 Å². The maximum absolute atomic E-state index is 13.3. The zero-order valence-corrected chi connectivity index (χ0v) is 63.6. The Kier molecular flexibility index (Phi) is 25.7. The summed E-state index contributed by atoms with van der Waals surface area (Å²) < 4.78 is 43.6. The second kappa shape index (κ2) is 35.5. The Morgan fingerprint density at radius 3 is 0.717 bits per heavy atom. The average molecular weight is 1510 g/mol. The van der Waals surface area contributed by atoms with Gasteiger partial charge in [0.05, 0.1) is 51.8 Å². The topological polar surface area (TPSA) is 306 Å². The maximum Gasteiger partial charge on any atom is 0.349 e. The molecule has 4 aliphatic rings. The Morgan fingerprint density at radius 2 is 0.496 bits per heavy atom. The van der Waals surface area contributed by atoms with Gasteiger partial charge in [-0.25, -0.2) is 28.8 Å². The fourth-order valence-electron chi connectivity index (χ4n) is 13.7. The second-order valence-corrected chi connectivity index (χ2v) is 30.5. The van der Waals surface area contributed by atoms with E-state index in [1.807, 2.05) is 206 Å². The molecule has 2 unspecified atom stereocenters. The quantitative estimate of drug-likeness (QED) is 0.0160. The van der Waals surface area contributed by atoms with E-state index in [9.17, 15) is 59.4 Å². The number of nitriles is 4. The molecule has 8 aromatic carbocycles. The number of benzene rings is 8. The van der Waals surface area contributed by atoms with E-state index in [0.29, 0.717) is 11.1 Å². The van der Waals surface area contributed by atoms with Gasteiger partial charge in [0.1, 0.15) is 36.5 Å². The molecule has 0 saturated carbocycles. The Morgan fingerprint density at radius 1 is 0.301 bits per heavy atom. The van der Waals surface area contributed by atoms with Gasteiger partial charge in [-0.1, -0.05) is 250 Å². The van der Waals surface area contributed by atoms with Crippen LogP contribution < -0.4 is 0 Å². The largest absolute Gasteiger partial charge is 0.464 e. The maximum atomic E-state index is 13.3. The van der Waals surface area contributed by atoms with Crippen LogP contribution in [-0.4, -0.2) is 109 Å². The highest BCUT2D eigenvalue weighted by atomic mass is 16.6. The van der Waals surface area contributed by atoms with Crippen LogP contribution in [0, 0.1) is 78.8 Å². The van der Waals surface area contributed by atoms with Gasteiger partial charge < -0.3 is 37.9 Å². The van der Waals surface area contributed by atoms with Crippen LogP contribution in [0.2, 0.25) is 0 Å². The van der Waals surface area contributed by atoms with Crippen molar-refractivity contribution in [3.05, 3.63) is 274 Å². The summed E-state index contributed by atoms with van der Waals surface area (Å²) in [4.78, 5) is 103. The summed E-state index contributed by atoms with van der Waals surface area (Å²) in [7, 11) is 0. The number of nitrogens with zero attached hydrogens (tertiary/aromatic N) is 4. The normalized spacial score (nSPS) is 13.2. The number of carbonyl (C=O) groups excluding carboxylic acids is 8. The van der Waals surface area contributed by atoms with Crippen LogP contribution in [0.5, 0.6) is 0 Å². The Bertz CT molecular complexity index is 4870. The van der Waals surface area contributed by atoms with E-state index in [1.165, 1.54) is 0 Å². The molecule has 0 amide bonds. The van der Waals surface area contributed by atoms with E-state index in [2.05, 4.69) is 12.1 Å². The van der Waals surface area contributed by atoms with E-state index in [0.717, 1.165) is 113 Å². The molecule has 0 aliphatic heterocycles. The van der Waals surface area contributed by atoms with Crippen molar-refractivity contribution in [2.45, 2.75) is 67.2 Å². The lowest BCUT2D eigenvalue weighted by Crippen LogP contribution is -2.31. The van der Waals surface area contributed by atoms with Gasteiger partial charge in [-0.3, -0.25) is 9.59 Å². The van der Waals surface area contributed by atoms with Gasteiger partial charge in [-0.15, -0.1) is 0 Å². The van der Waals surface area contributed by atoms with Gasteiger partial charge in [0.2, 0.25) is 0 Å². The summed E-state index contributed by atoms with van der Waals surface area (Å²) in [6.45, 7) is 12.8. The second-order valence-electron chi connectivity index (χ2n) is 30.5. The summed E-state index contributed by atoms with van der Waals surface area (Å²) in [5.41, 5.74) is 11.8. The molecule has 21 heteroatoms. The smallest absolute Gasteiger partial charge is 0.349 e. The number of fused-ring (bicyclic) bond motifs is 12. The van der Waals surface area contributed by atoms with E-state index >= 15 is 0 Å². The lowest BCUT2D eigenvalue weighted by atomic mass is 9.85. The summed E-state index contributed by atoms with van der Waals surface area (Å²) in [6, 6.07) is 69.3. The van der Waals surface area contributed by atoms with E-state index < -0.39 is 93.1 Å². The molecule has 2 atom stereocenters. The van der Waals surface area contributed by atoms with Crippen molar-refractivity contribution in [1.82, 2.24) is 0 Å². The summed E-state index contributed by atoms with van der Waals surface area (Å²) in [6.07, 6.45) is 3.72. The lowest BCUT2D eigenvalue weighted by Gasteiger charge is -2.25. The third kappa shape index (κ3) is 18.9. The summed E-state index contributed by atoms with van der Waals surface area (Å²) >= 11 is 0. The molecule has 20 nitrogen and oxygen atoms in total. The summed E-state index contributed by atoms with van der Waals surface area (Å²) in [5.74, 6) is -9.26. The molecule has 0 spiro atoms. The van der Waals surface area contributed by atoms with E-state index in [1.54, 1.807) is 55.4 Å². The van der Waals surface area contributed by atoms with Crippen LogP contribution in [0.25, 0.3) is 55.7 Å². The van der Waals surface area contributed by atoms with Crippen molar-refractivity contribution >= 4 is 67.3 Å². The molecule has 0 fully saturated rings. The molecule has 0 heterocycles. The Hall–Kier alpha value is -13.5. The van der Waals surface area contributed by atoms with Crippen LogP contribution in [0.3, 0.4) is 0 Å². The zero-order chi connectivity index (χ0) is 80.1. The molecule has 567 valence electrons. The summed E-state index contributed by atoms with van der Waals surface area (Å²) in [5, 5.41) is 40.2. The minimum absolute atomic E-state index is 0. The van der Waals surface area contributed by atoms with E-state index in [-0.39, 0.29) is 72.4 Å². The minimum Gasteiger partial charge on any atom is -0.464 e. The van der Waals surface area contributed by atoms with Gasteiger partial charge in [-0.05, 0) is 89.0 Å². The number of esters is 8. The van der Waals surface area contributed by atoms with E-state index in [4.69, 9.17) is 37.9 Å². The van der Waals surface area contributed by atoms with Crippen molar-refractivity contribution in [3.8, 4) is 68.8 Å². The van der Waals surface area contributed by atoms with Gasteiger partial charge in [0.15, 0.2) is 11.8 Å². The highest BCUT2D eigenvalue weighted by molar-refractivity contribution is 6.13. The number of hydrogen-bond acceptors (Lipinski definition) is 20. The predicted octanol–water partition coefficient (Wildman–Crippen LogP) is 15.1. The molecule has 0 saturated heterocycles. The van der Waals surface area contributed by atoms with Crippen LogP contribution >= 0.6 is 0 Å².